The second-order valence-electron chi connectivity index (χ2n) is 7.46. The molecule has 34 heavy (non-hydrogen) atoms. The molecular formula is C25H20ClF3N4O. The lowest BCUT2D eigenvalue weighted by atomic mass is 10.1. The van der Waals surface area contributed by atoms with Gasteiger partial charge < -0.3 is 15.6 Å². The molecule has 0 fully saturated rings. The topological polar surface area (TPSA) is 72.9 Å². The lowest BCUT2D eigenvalue weighted by Crippen LogP contribution is -2.28. The summed E-state index contributed by atoms with van der Waals surface area (Å²) in [5.41, 5.74) is 7.29. The first kappa shape index (κ1) is 23.5. The van der Waals surface area contributed by atoms with E-state index in [0.29, 0.717) is 46.2 Å². The van der Waals surface area contributed by atoms with Gasteiger partial charge in [-0.3, -0.25) is 9.78 Å². The summed E-state index contributed by atoms with van der Waals surface area (Å²) in [5, 5.41) is 3.20. The molecule has 0 bridgehead atoms. The van der Waals surface area contributed by atoms with Crippen LogP contribution in [0.5, 0.6) is 0 Å². The molecule has 9 heteroatoms. The second-order valence-corrected chi connectivity index (χ2v) is 7.90. The Balaban J connectivity index is 1.87. The molecule has 1 amide bonds. The number of nitrogens with two attached hydrogens (primary N) is 1. The molecular weight excluding hydrogens is 465 g/mol. The number of carbonyl (C=O) groups excluding carboxylic acids is 1. The fraction of sp³-hybridized carbons (Fsp3) is 0.120. The van der Waals surface area contributed by atoms with Gasteiger partial charge in [-0.2, -0.15) is 13.2 Å². The Labute approximate surface area is 199 Å². The van der Waals surface area contributed by atoms with Gasteiger partial charge in [0.15, 0.2) is 0 Å². The van der Waals surface area contributed by atoms with Gasteiger partial charge in [0, 0.05) is 29.9 Å². The molecule has 0 saturated carbocycles. The minimum atomic E-state index is -4.58. The zero-order valence-corrected chi connectivity index (χ0v) is 18.6. The number of nitrogens with zero attached hydrogens (tertiary/aromatic N) is 2. The van der Waals surface area contributed by atoms with Crippen LogP contribution in [-0.4, -0.2) is 28.5 Å². The molecule has 0 spiro atoms. The van der Waals surface area contributed by atoms with Crippen LogP contribution in [0.2, 0.25) is 5.02 Å². The van der Waals surface area contributed by atoms with E-state index >= 15 is 0 Å². The van der Waals surface area contributed by atoms with Gasteiger partial charge in [0.25, 0.3) is 5.91 Å². The fourth-order valence-corrected chi connectivity index (χ4v) is 3.78. The Morgan fingerprint density at radius 1 is 0.941 bits per heavy atom. The van der Waals surface area contributed by atoms with Crippen LogP contribution in [0.4, 0.5) is 13.2 Å². The maximum atomic E-state index is 13.9. The highest BCUT2D eigenvalue weighted by Crippen LogP contribution is 2.39. The fourth-order valence-electron chi connectivity index (χ4n) is 3.65. The van der Waals surface area contributed by atoms with E-state index in [9.17, 15) is 18.0 Å². The summed E-state index contributed by atoms with van der Waals surface area (Å²) in [6.07, 6.45) is -2.27. The van der Waals surface area contributed by atoms with E-state index in [2.05, 4.69) is 10.3 Å². The minimum Gasteiger partial charge on any atom is -0.351 e. The molecule has 0 atom stereocenters. The van der Waals surface area contributed by atoms with E-state index in [0.717, 1.165) is 12.3 Å². The average molecular weight is 485 g/mol. The number of aromatic nitrogens is 2. The zero-order chi connectivity index (χ0) is 24.3. The van der Waals surface area contributed by atoms with Crippen molar-refractivity contribution >= 4 is 17.5 Å². The average Bonchev–Trinajstić information content (AvgIpc) is 3.27. The largest absolute Gasteiger partial charge is 0.418 e. The van der Waals surface area contributed by atoms with Gasteiger partial charge >= 0.3 is 6.18 Å². The third kappa shape index (κ3) is 4.83. The van der Waals surface area contributed by atoms with Crippen molar-refractivity contribution in [2.75, 3.05) is 13.1 Å². The molecule has 0 aliphatic carbocycles. The number of halogens is 4. The van der Waals surface area contributed by atoms with E-state index < -0.39 is 11.7 Å². The third-order valence-corrected chi connectivity index (χ3v) is 5.49. The van der Waals surface area contributed by atoms with Gasteiger partial charge in [-0.15, -0.1) is 0 Å². The predicted octanol–water partition coefficient (Wildman–Crippen LogP) is 5.57. The van der Waals surface area contributed by atoms with Gasteiger partial charge in [0.05, 0.1) is 28.8 Å². The van der Waals surface area contributed by atoms with Crippen molar-refractivity contribution < 1.29 is 18.0 Å². The number of amides is 1. The Hall–Kier alpha value is -3.62. The first-order valence-corrected chi connectivity index (χ1v) is 10.8. The zero-order valence-electron chi connectivity index (χ0n) is 17.8. The van der Waals surface area contributed by atoms with Crippen LogP contribution in [-0.2, 0) is 6.18 Å². The van der Waals surface area contributed by atoms with Crippen LogP contribution in [0.1, 0.15) is 15.9 Å². The number of pyridine rings is 1. The van der Waals surface area contributed by atoms with Crippen LogP contribution >= 0.6 is 11.6 Å². The predicted molar refractivity (Wildman–Crippen MR) is 126 cm³/mol. The molecule has 0 aliphatic heterocycles. The summed E-state index contributed by atoms with van der Waals surface area (Å²) >= 11 is 6.01. The SMILES string of the molecule is NCCNC(=O)c1ccc(-c2ccc(-c3ccc(Cl)cc3)n2-c2cnccc2C(F)(F)F)cc1. The molecule has 0 aliphatic rings. The normalized spacial score (nSPS) is 11.4. The lowest BCUT2D eigenvalue weighted by Gasteiger charge is -2.19. The second kappa shape index (κ2) is 9.70. The number of benzene rings is 2. The molecule has 5 nitrogen and oxygen atoms in total. The van der Waals surface area contributed by atoms with Crippen LogP contribution in [0.3, 0.4) is 0 Å². The summed E-state index contributed by atoms with van der Waals surface area (Å²) in [4.78, 5) is 16.2. The lowest BCUT2D eigenvalue weighted by molar-refractivity contribution is -0.137. The molecule has 0 unspecified atom stereocenters. The van der Waals surface area contributed by atoms with Crippen molar-refractivity contribution in [2.45, 2.75) is 6.18 Å². The molecule has 0 radical (unpaired) electrons. The molecule has 174 valence electrons. The van der Waals surface area contributed by atoms with Crippen molar-refractivity contribution in [3.63, 3.8) is 0 Å². The quantitative estimate of drug-likeness (QED) is 0.376. The van der Waals surface area contributed by atoms with Gasteiger partial charge in [-0.1, -0.05) is 35.9 Å². The van der Waals surface area contributed by atoms with Crippen molar-refractivity contribution in [2.24, 2.45) is 5.73 Å². The molecule has 2 aromatic heterocycles. The highest BCUT2D eigenvalue weighted by Gasteiger charge is 2.35. The Morgan fingerprint density at radius 2 is 1.53 bits per heavy atom. The first-order chi connectivity index (χ1) is 16.3. The minimum absolute atomic E-state index is 0.107. The first-order valence-electron chi connectivity index (χ1n) is 10.4. The highest BCUT2D eigenvalue weighted by molar-refractivity contribution is 6.30. The Kier molecular flexibility index (Phi) is 6.72. The molecule has 4 aromatic rings. The number of carbonyl (C=O) groups is 1. The number of hydrogen-bond donors (Lipinski definition) is 2. The van der Waals surface area contributed by atoms with Gasteiger partial charge in [-0.05, 0) is 53.6 Å². The summed E-state index contributed by atoms with van der Waals surface area (Å²) in [6, 6.07) is 17.9. The standard InChI is InChI=1S/C25H20ClF3N4O/c26-19-7-5-17(6-8-19)22-10-9-21(16-1-3-18(4-2-16)24(34)32-14-12-30)33(22)23-15-31-13-11-20(23)25(27,28)29/h1-11,13,15H,12,14,30H2,(H,32,34). The number of alkyl halides is 3. The van der Waals surface area contributed by atoms with Gasteiger partial charge in [0.1, 0.15) is 0 Å². The third-order valence-electron chi connectivity index (χ3n) is 5.24. The monoisotopic (exact) mass is 484 g/mol. The summed E-state index contributed by atoms with van der Waals surface area (Å²) < 4.78 is 43.2. The maximum absolute atomic E-state index is 13.9. The van der Waals surface area contributed by atoms with Crippen LogP contribution in [0.25, 0.3) is 28.2 Å². The number of rotatable bonds is 6. The summed E-state index contributed by atoms with van der Waals surface area (Å²) in [5.74, 6) is -0.277. The van der Waals surface area contributed by atoms with Crippen molar-refractivity contribution in [3.8, 4) is 28.2 Å². The van der Waals surface area contributed by atoms with Gasteiger partial charge in [-0.25, -0.2) is 0 Å². The van der Waals surface area contributed by atoms with Crippen molar-refractivity contribution in [3.05, 3.63) is 95.3 Å². The number of nitrogens with one attached hydrogen (secondary N) is 1. The summed E-state index contributed by atoms with van der Waals surface area (Å²) in [6.45, 7) is 0.659. The molecule has 2 heterocycles. The Morgan fingerprint density at radius 3 is 2.09 bits per heavy atom. The van der Waals surface area contributed by atoms with Gasteiger partial charge in [0.2, 0.25) is 0 Å². The van der Waals surface area contributed by atoms with E-state index in [1.807, 2.05) is 0 Å². The summed E-state index contributed by atoms with van der Waals surface area (Å²) in [7, 11) is 0. The van der Waals surface area contributed by atoms with E-state index in [1.165, 1.54) is 10.8 Å². The van der Waals surface area contributed by atoms with E-state index in [4.69, 9.17) is 17.3 Å². The number of hydrogen-bond acceptors (Lipinski definition) is 3. The van der Waals surface area contributed by atoms with Crippen molar-refractivity contribution in [1.82, 2.24) is 14.9 Å². The molecule has 3 N–H and O–H groups in total. The smallest absolute Gasteiger partial charge is 0.351 e. The van der Waals surface area contributed by atoms with Crippen LogP contribution < -0.4 is 11.1 Å². The molecule has 2 aromatic carbocycles. The van der Waals surface area contributed by atoms with E-state index in [1.54, 1.807) is 60.7 Å². The Bertz CT molecular complexity index is 1300. The van der Waals surface area contributed by atoms with E-state index in [-0.39, 0.29) is 11.6 Å². The molecule has 4 rings (SSSR count). The highest BCUT2D eigenvalue weighted by atomic mass is 35.5. The maximum Gasteiger partial charge on any atom is 0.418 e. The van der Waals surface area contributed by atoms with Crippen molar-refractivity contribution in [1.29, 1.82) is 0 Å². The molecule has 0 saturated heterocycles. The van der Waals surface area contributed by atoms with Crippen LogP contribution in [0.15, 0.2) is 79.1 Å². The van der Waals surface area contributed by atoms with Crippen LogP contribution in [0, 0.1) is 0 Å².